The maximum Gasteiger partial charge on any atom is 0.337 e. The van der Waals surface area contributed by atoms with Crippen molar-refractivity contribution in [2.45, 2.75) is 26.3 Å². The van der Waals surface area contributed by atoms with Gasteiger partial charge in [-0.1, -0.05) is 0 Å². The summed E-state index contributed by atoms with van der Waals surface area (Å²) in [5.74, 6) is -0.147. The normalized spacial score (nSPS) is 20.3. The molecule has 0 bridgehead atoms. The minimum atomic E-state index is -2.98. The van der Waals surface area contributed by atoms with E-state index in [4.69, 9.17) is 0 Å². The fraction of sp³-hybridized carbons (Fsp3) is 0.522. The van der Waals surface area contributed by atoms with Gasteiger partial charge in [-0.2, -0.15) is 5.10 Å². The van der Waals surface area contributed by atoms with Crippen molar-refractivity contribution in [3.63, 3.8) is 0 Å². The van der Waals surface area contributed by atoms with E-state index in [0.717, 1.165) is 43.3 Å². The number of piperazine rings is 1. The number of methoxy groups -OCH3 is 1. The Hall–Kier alpha value is -2.92. The number of nitrogens with one attached hydrogen (secondary N) is 1. The molecule has 0 spiro atoms. The highest BCUT2D eigenvalue weighted by molar-refractivity contribution is 7.91. The van der Waals surface area contributed by atoms with Crippen LogP contribution in [0.4, 0.5) is 11.4 Å². The van der Waals surface area contributed by atoms with Crippen LogP contribution in [0.2, 0.25) is 0 Å². The number of ether oxygens (including phenoxy) is 1. The Morgan fingerprint density at radius 2 is 1.79 bits per heavy atom. The maximum absolute atomic E-state index is 12.5. The predicted octanol–water partition coefficient (Wildman–Crippen LogP) is 1.41. The molecule has 2 saturated heterocycles. The van der Waals surface area contributed by atoms with Crippen LogP contribution in [0.15, 0.2) is 24.3 Å². The molecule has 4 rings (SSSR count). The summed E-state index contributed by atoms with van der Waals surface area (Å²) in [6.45, 7) is 7.24. The van der Waals surface area contributed by atoms with Crippen LogP contribution in [0.3, 0.4) is 0 Å². The van der Waals surface area contributed by atoms with Gasteiger partial charge in [-0.25, -0.2) is 13.2 Å². The third kappa shape index (κ3) is 5.25. The second kappa shape index (κ2) is 9.75. The van der Waals surface area contributed by atoms with Crippen molar-refractivity contribution in [2.24, 2.45) is 0 Å². The molecule has 0 aliphatic carbocycles. The minimum Gasteiger partial charge on any atom is -0.465 e. The van der Waals surface area contributed by atoms with E-state index in [1.54, 1.807) is 24.3 Å². The zero-order valence-corrected chi connectivity index (χ0v) is 20.6. The molecule has 1 aromatic heterocycles. The fourth-order valence-electron chi connectivity index (χ4n) is 4.78. The average molecular weight is 490 g/mol. The molecule has 1 unspecified atom stereocenters. The zero-order valence-electron chi connectivity index (χ0n) is 19.8. The summed E-state index contributed by atoms with van der Waals surface area (Å²) < 4.78 is 30.4. The van der Waals surface area contributed by atoms with Gasteiger partial charge in [-0.05, 0) is 44.5 Å². The van der Waals surface area contributed by atoms with Gasteiger partial charge >= 0.3 is 5.97 Å². The van der Waals surface area contributed by atoms with Gasteiger partial charge in [-0.3, -0.25) is 14.4 Å². The summed E-state index contributed by atoms with van der Waals surface area (Å²) in [4.78, 5) is 28.4. The van der Waals surface area contributed by atoms with Gasteiger partial charge in [-0.15, -0.1) is 0 Å². The summed E-state index contributed by atoms with van der Waals surface area (Å²) >= 11 is 0. The van der Waals surface area contributed by atoms with E-state index < -0.39 is 15.8 Å². The summed E-state index contributed by atoms with van der Waals surface area (Å²) in [5.41, 5.74) is 4.03. The first-order valence-corrected chi connectivity index (χ1v) is 13.2. The largest absolute Gasteiger partial charge is 0.465 e. The number of hydrogen-bond donors (Lipinski definition) is 1. The van der Waals surface area contributed by atoms with E-state index in [2.05, 4.69) is 25.0 Å². The second-order valence-corrected chi connectivity index (χ2v) is 11.1. The average Bonchev–Trinajstić information content (AvgIpc) is 3.32. The van der Waals surface area contributed by atoms with Crippen molar-refractivity contribution in [3.05, 3.63) is 41.2 Å². The van der Waals surface area contributed by atoms with Crippen LogP contribution in [-0.4, -0.2) is 86.3 Å². The number of aryl methyl sites for hydroxylation is 1. The first-order valence-electron chi connectivity index (χ1n) is 11.4. The molecule has 11 heteroatoms. The van der Waals surface area contributed by atoms with E-state index in [-0.39, 0.29) is 30.0 Å². The number of rotatable bonds is 6. The van der Waals surface area contributed by atoms with Gasteiger partial charge in [0, 0.05) is 31.9 Å². The molecule has 2 aromatic rings. The Bertz CT molecular complexity index is 1170. The molecular formula is C23H31N5O5S. The van der Waals surface area contributed by atoms with Crippen LogP contribution >= 0.6 is 0 Å². The van der Waals surface area contributed by atoms with Crippen molar-refractivity contribution in [1.29, 1.82) is 0 Å². The Morgan fingerprint density at radius 1 is 1.12 bits per heavy atom. The highest BCUT2D eigenvalue weighted by atomic mass is 32.2. The minimum absolute atomic E-state index is 0.0934. The number of sulfone groups is 1. The first-order chi connectivity index (χ1) is 16.2. The lowest BCUT2D eigenvalue weighted by molar-refractivity contribution is -0.117. The molecule has 10 nitrogen and oxygen atoms in total. The smallest absolute Gasteiger partial charge is 0.337 e. The quantitative estimate of drug-likeness (QED) is 0.606. The van der Waals surface area contributed by atoms with Crippen LogP contribution < -0.4 is 10.2 Å². The summed E-state index contributed by atoms with van der Waals surface area (Å²) in [7, 11) is -1.65. The summed E-state index contributed by atoms with van der Waals surface area (Å²) in [5, 5.41) is 7.54. The molecule has 184 valence electrons. The Morgan fingerprint density at radius 3 is 2.38 bits per heavy atom. The highest BCUT2D eigenvalue weighted by Gasteiger charge is 2.32. The van der Waals surface area contributed by atoms with E-state index in [1.807, 2.05) is 18.5 Å². The number of carbonyl (C=O) groups is 2. The van der Waals surface area contributed by atoms with Crippen molar-refractivity contribution in [1.82, 2.24) is 14.7 Å². The van der Waals surface area contributed by atoms with Crippen molar-refractivity contribution >= 4 is 33.1 Å². The molecule has 1 amide bonds. The lowest BCUT2D eigenvalue weighted by atomic mass is 10.2. The van der Waals surface area contributed by atoms with Gasteiger partial charge in [0.05, 0.1) is 53.8 Å². The van der Waals surface area contributed by atoms with E-state index in [1.165, 1.54) is 7.11 Å². The Labute approximate surface area is 199 Å². The van der Waals surface area contributed by atoms with Crippen LogP contribution in [0, 0.1) is 13.8 Å². The number of hydrogen-bond acceptors (Lipinski definition) is 8. The molecular weight excluding hydrogens is 458 g/mol. The molecule has 0 saturated carbocycles. The van der Waals surface area contributed by atoms with Crippen molar-refractivity contribution in [3.8, 4) is 0 Å². The first kappa shape index (κ1) is 24.2. The van der Waals surface area contributed by atoms with Crippen LogP contribution in [-0.2, 0) is 19.4 Å². The summed E-state index contributed by atoms with van der Waals surface area (Å²) in [6.07, 6.45) is 0.609. The number of carbonyl (C=O) groups excluding carboxylic acids is 2. The highest BCUT2D eigenvalue weighted by Crippen LogP contribution is 2.31. The van der Waals surface area contributed by atoms with Crippen molar-refractivity contribution in [2.75, 3.05) is 61.6 Å². The summed E-state index contributed by atoms with van der Waals surface area (Å²) in [6, 6.07) is 6.50. The van der Waals surface area contributed by atoms with E-state index in [9.17, 15) is 18.0 Å². The third-order valence-electron chi connectivity index (χ3n) is 6.49. The fourth-order valence-corrected chi connectivity index (χ4v) is 6.47. The molecule has 1 N–H and O–H groups in total. The van der Waals surface area contributed by atoms with Gasteiger partial charge in [0.15, 0.2) is 9.84 Å². The molecule has 2 fully saturated rings. The molecule has 1 atom stereocenters. The Kier molecular flexibility index (Phi) is 6.94. The molecule has 1 aromatic carbocycles. The number of aromatic nitrogens is 2. The SMILES string of the molecule is COC(=O)c1ccc(NC(=O)CN2CCN(c3c(C)nn(C4CCS(=O)(=O)C4)c3C)CC2)cc1. The van der Waals surface area contributed by atoms with Gasteiger partial charge < -0.3 is 15.0 Å². The molecule has 3 heterocycles. The number of anilines is 2. The zero-order chi connectivity index (χ0) is 24.5. The molecule has 2 aliphatic heterocycles. The van der Waals surface area contributed by atoms with Crippen LogP contribution in [0.5, 0.6) is 0 Å². The lowest BCUT2D eigenvalue weighted by Crippen LogP contribution is -2.49. The predicted molar refractivity (Wildman–Crippen MR) is 129 cm³/mol. The standard InChI is InChI=1S/C23H31N5O5S/c1-16-22(17(2)28(25-16)20-8-13-34(31,32)15-20)27-11-9-26(10-12-27)14-21(29)24-19-6-4-18(5-7-19)23(30)33-3/h4-7,20H,8-15H2,1-3H3,(H,24,29). The van der Waals surface area contributed by atoms with Gasteiger partial charge in [0.25, 0.3) is 0 Å². The molecule has 0 radical (unpaired) electrons. The monoisotopic (exact) mass is 489 g/mol. The third-order valence-corrected chi connectivity index (χ3v) is 8.24. The number of esters is 1. The van der Waals surface area contributed by atoms with Crippen LogP contribution in [0.25, 0.3) is 0 Å². The second-order valence-electron chi connectivity index (χ2n) is 8.90. The van der Waals surface area contributed by atoms with Crippen molar-refractivity contribution < 1.29 is 22.7 Å². The Balaban J connectivity index is 1.31. The number of nitrogens with zero attached hydrogens (tertiary/aromatic N) is 4. The number of benzene rings is 1. The topological polar surface area (TPSA) is 114 Å². The van der Waals surface area contributed by atoms with E-state index >= 15 is 0 Å². The van der Waals surface area contributed by atoms with Gasteiger partial charge in [0.1, 0.15) is 0 Å². The maximum atomic E-state index is 12.5. The number of amides is 1. The van der Waals surface area contributed by atoms with Gasteiger partial charge in [0.2, 0.25) is 5.91 Å². The molecule has 34 heavy (non-hydrogen) atoms. The van der Waals surface area contributed by atoms with Crippen LogP contribution in [0.1, 0.15) is 34.2 Å². The van der Waals surface area contributed by atoms with E-state index in [0.29, 0.717) is 17.7 Å². The lowest BCUT2D eigenvalue weighted by Gasteiger charge is -2.36. The molecule has 2 aliphatic rings.